The highest BCUT2D eigenvalue weighted by atomic mass is 16.4. The van der Waals surface area contributed by atoms with Crippen LogP contribution >= 0.6 is 0 Å². The maximum Gasteiger partial charge on any atom is 0.326 e. The number of H-pyrrole nitrogens is 1. The molecule has 0 radical (unpaired) electrons. The van der Waals surface area contributed by atoms with Crippen molar-refractivity contribution in [2.24, 2.45) is 0 Å². The molecule has 0 aliphatic heterocycles. The fourth-order valence-corrected chi connectivity index (χ4v) is 2.23. The Morgan fingerprint density at radius 2 is 1.95 bits per heavy atom. The molecule has 0 fully saturated rings. The highest BCUT2D eigenvalue weighted by molar-refractivity contribution is 6.03. The van der Waals surface area contributed by atoms with E-state index in [1.807, 2.05) is 0 Å². The maximum absolute atomic E-state index is 12.2. The lowest BCUT2D eigenvalue weighted by Gasteiger charge is -2.12. The SMILES string of the molecule is C/C=C/CC(NC(=O)c1[nH]c(C)c(C(C)=O)c1C)C(=O)O. The lowest BCUT2D eigenvalue weighted by atomic mass is 10.1. The van der Waals surface area contributed by atoms with Gasteiger partial charge in [0, 0.05) is 11.3 Å². The number of Topliss-reactive ketones (excluding diaryl/α,β-unsaturated/α-hetero) is 1. The van der Waals surface area contributed by atoms with Gasteiger partial charge >= 0.3 is 5.97 Å². The minimum absolute atomic E-state index is 0.135. The lowest BCUT2D eigenvalue weighted by Crippen LogP contribution is -2.40. The van der Waals surface area contributed by atoms with Crippen molar-refractivity contribution in [3.8, 4) is 0 Å². The molecule has 3 N–H and O–H groups in total. The summed E-state index contributed by atoms with van der Waals surface area (Å²) in [5.41, 5.74) is 1.84. The van der Waals surface area contributed by atoms with Gasteiger partial charge in [-0.05, 0) is 39.7 Å². The van der Waals surface area contributed by atoms with Gasteiger partial charge in [0.25, 0.3) is 5.91 Å². The van der Waals surface area contributed by atoms with E-state index in [4.69, 9.17) is 5.11 Å². The topological polar surface area (TPSA) is 99.3 Å². The van der Waals surface area contributed by atoms with Gasteiger partial charge in [-0.15, -0.1) is 0 Å². The van der Waals surface area contributed by atoms with Gasteiger partial charge in [-0.1, -0.05) is 12.2 Å². The molecule has 0 spiro atoms. The Balaban J connectivity index is 3.01. The zero-order chi connectivity index (χ0) is 16.2. The number of amides is 1. The van der Waals surface area contributed by atoms with E-state index in [9.17, 15) is 14.4 Å². The fourth-order valence-electron chi connectivity index (χ4n) is 2.23. The minimum Gasteiger partial charge on any atom is -0.480 e. The number of hydrogen-bond acceptors (Lipinski definition) is 3. The Labute approximate surface area is 123 Å². The second-order valence-electron chi connectivity index (χ2n) is 4.85. The first-order valence-electron chi connectivity index (χ1n) is 6.64. The third-order valence-electron chi connectivity index (χ3n) is 3.23. The van der Waals surface area contributed by atoms with E-state index >= 15 is 0 Å². The van der Waals surface area contributed by atoms with Crippen LogP contribution in [0.15, 0.2) is 12.2 Å². The summed E-state index contributed by atoms with van der Waals surface area (Å²) in [7, 11) is 0. The van der Waals surface area contributed by atoms with Crippen LogP contribution in [0.3, 0.4) is 0 Å². The zero-order valence-electron chi connectivity index (χ0n) is 12.6. The molecule has 6 heteroatoms. The monoisotopic (exact) mass is 292 g/mol. The van der Waals surface area contributed by atoms with Crippen molar-refractivity contribution >= 4 is 17.7 Å². The van der Waals surface area contributed by atoms with Crippen molar-refractivity contribution < 1.29 is 19.5 Å². The number of allylic oxidation sites excluding steroid dienone is 1. The first-order valence-corrected chi connectivity index (χ1v) is 6.64. The van der Waals surface area contributed by atoms with Gasteiger partial charge in [0.05, 0.1) is 0 Å². The molecular formula is C15H20N2O4. The Kier molecular flexibility index (Phi) is 5.46. The molecule has 1 rings (SSSR count). The number of rotatable bonds is 6. The molecule has 0 aromatic carbocycles. The molecule has 0 saturated heterocycles. The van der Waals surface area contributed by atoms with Crippen molar-refractivity contribution in [3.05, 3.63) is 34.7 Å². The van der Waals surface area contributed by atoms with Crippen LogP contribution in [0.25, 0.3) is 0 Å². The summed E-state index contributed by atoms with van der Waals surface area (Å²) in [6, 6.07) is -1.00. The molecule has 1 aromatic heterocycles. The minimum atomic E-state index is -1.10. The second-order valence-corrected chi connectivity index (χ2v) is 4.85. The van der Waals surface area contributed by atoms with E-state index in [0.29, 0.717) is 16.8 Å². The number of carbonyl (C=O) groups is 3. The Morgan fingerprint density at radius 3 is 2.38 bits per heavy atom. The molecule has 1 amide bonds. The fraction of sp³-hybridized carbons (Fsp3) is 0.400. The molecule has 21 heavy (non-hydrogen) atoms. The van der Waals surface area contributed by atoms with Gasteiger partial charge in [0.1, 0.15) is 11.7 Å². The standard InChI is InChI=1S/C15H20N2O4/c1-5-6-7-11(15(20)21)17-14(19)13-8(2)12(10(4)18)9(3)16-13/h5-6,11,16H,7H2,1-4H3,(H,17,19)(H,20,21)/b6-5+. The number of aromatic nitrogens is 1. The number of nitrogens with one attached hydrogen (secondary N) is 2. The van der Waals surface area contributed by atoms with E-state index in [1.165, 1.54) is 6.92 Å². The molecule has 0 aliphatic carbocycles. The first-order chi connectivity index (χ1) is 9.79. The van der Waals surface area contributed by atoms with Crippen LogP contribution in [-0.4, -0.2) is 33.8 Å². The number of carboxylic acid groups (broad SMARTS) is 1. The predicted octanol–water partition coefficient (Wildman–Crippen LogP) is 1.98. The number of carbonyl (C=O) groups excluding carboxylic acids is 2. The third-order valence-corrected chi connectivity index (χ3v) is 3.23. The van der Waals surface area contributed by atoms with Gasteiger partial charge in [-0.2, -0.15) is 0 Å². The van der Waals surface area contributed by atoms with Crippen molar-refractivity contribution in [1.82, 2.24) is 10.3 Å². The average Bonchev–Trinajstić information content (AvgIpc) is 2.69. The molecule has 1 unspecified atom stereocenters. The van der Waals surface area contributed by atoms with Crippen molar-refractivity contribution in [1.29, 1.82) is 0 Å². The highest BCUT2D eigenvalue weighted by Gasteiger charge is 2.24. The zero-order valence-corrected chi connectivity index (χ0v) is 12.6. The van der Waals surface area contributed by atoms with Crippen LogP contribution in [0.4, 0.5) is 0 Å². The van der Waals surface area contributed by atoms with Gasteiger partial charge in [-0.3, -0.25) is 9.59 Å². The quantitative estimate of drug-likeness (QED) is 0.551. The Hall–Kier alpha value is -2.37. The summed E-state index contributed by atoms with van der Waals surface area (Å²) in [5, 5.41) is 11.6. The van der Waals surface area contributed by atoms with Gasteiger partial charge < -0.3 is 15.4 Å². The van der Waals surface area contributed by atoms with Crippen molar-refractivity contribution in [2.45, 2.75) is 40.2 Å². The predicted molar refractivity (Wildman–Crippen MR) is 78.6 cm³/mol. The maximum atomic E-state index is 12.2. The number of carboxylic acids is 1. The van der Waals surface area contributed by atoms with Crippen LogP contribution in [-0.2, 0) is 4.79 Å². The number of aryl methyl sites for hydroxylation is 1. The van der Waals surface area contributed by atoms with Gasteiger partial charge in [-0.25, -0.2) is 4.79 Å². The number of aromatic amines is 1. The molecule has 0 bridgehead atoms. The molecule has 6 nitrogen and oxygen atoms in total. The molecule has 0 aliphatic rings. The molecule has 1 heterocycles. The Bertz CT molecular complexity index is 599. The number of ketones is 1. The van der Waals surface area contributed by atoms with Crippen molar-refractivity contribution in [2.75, 3.05) is 0 Å². The average molecular weight is 292 g/mol. The van der Waals surface area contributed by atoms with Crippen LogP contribution < -0.4 is 5.32 Å². The summed E-state index contributed by atoms with van der Waals surface area (Å²) >= 11 is 0. The molecule has 1 atom stereocenters. The van der Waals surface area contributed by atoms with Crippen LogP contribution in [0.1, 0.15) is 52.4 Å². The molecule has 0 saturated carbocycles. The summed E-state index contributed by atoms with van der Waals surface area (Å²) < 4.78 is 0. The van der Waals surface area contributed by atoms with E-state index in [2.05, 4.69) is 10.3 Å². The normalized spacial score (nSPS) is 12.4. The molecule has 1 aromatic rings. The van der Waals surface area contributed by atoms with E-state index in [1.54, 1.807) is 32.9 Å². The Morgan fingerprint density at radius 1 is 1.33 bits per heavy atom. The largest absolute Gasteiger partial charge is 0.480 e. The number of aliphatic carboxylic acids is 1. The highest BCUT2D eigenvalue weighted by Crippen LogP contribution is 2.18. The van der Waals surface area contributed by atoms with Crippen LogP contribution in [0.5, 0.6) is 0 Å². The van der Waals surface area contributed by atoms with Crippen molar-refractivity contribution in [3.63, 3.8) is 0 Å². The first kappa shape index (κ1) is 16.7. The van der Waals surface area contributed by atoms with E-state index in [-0.39, 0.29) is 17.9 Å². The summed E-state index contributed by atoms with van der Waals surface area (Å²) in [6.07, 6.45) is 3.60. The van der Waals surface area contributed by atoms with E-state index < -0.39 is 17.9 Å². The third kappa shape index (κ3) is 3.81. The van der Waals surface area contributed by atoms with Gasteiger partial charge in [0.15, 0.2) is 5.78 Å². The molecule has 114 valence electrons. The summed E-state index contributed by atoms with van der Waals surface area (Å²) in [6.45, 7) is 6.57. The van der Waals surface area contributed by atoms with E-state index in [0.717, 1.165) is 0 Å². The number of hydrogen-bond donors (Lipinski definition) is 3. The van der Waals surface area contributed by atoms with Crippen LogP contribution in [0, 0.1) is 13.8 Å². The smallest absolute Gasteiger partial charge is 0.326 e. The lowest BCUT2D eigenvalue weighted by molar-refractivity contribution is -0.139. The second kappa shape index (κ2) is 6.88. The van der Waals surface area contributed by atoms with Crippen LogP contribution in [0.2, 0.25) is 0 Å². The van der Waals surface area contributed by atoms with Gasteiger partial charge in [0.2, 0.25) is 0 Å². The summed E-state index contributed by atoms with van der Waals surface area (Å²) in [4.78, 5) is 37.7. The molecular weight excluding hydrogens is 272 g/mol. The summed E-state index contributed by atoms with van der Waals surface area (Å²) in [5.74, 6) is -1.77.